The van der Waals surface area contributed by atoms with Gasteiger partial charge in [0.15, 0.2) is 0 Å². The van der Waals surface area contributed by atoms with Crippen LogP contribution in [-0.2, 0) is 4.79 Å². The van der Waals surface area contributed by atoms with E-state index in [9.17, 15) is 18.0 Å². The lowest BCUT2D eigenvalue weighted by molar-refractivity contribution is -0.131. The van der Waals surface area contributed by atoms with Crippen LogP contribution in [0, 0.1) is 0 Å². The van der Waals surface area contributed by atoms with E-state index in [1.54, 1.807) is 16.8 Å². The highest BCUT2D eigenvalue weighted by molar-refractivity contribution is 5.78. The quantitative estimate of drug-likeness (QED) is 0.764. The summed E-state index contributed by atoms with van der Waals surface area (Å²) in [5.74, 6) is -0.0858. The molecule has 0 saturated heterocycles. The van der Waals surface area contributed by atoms with Crippen molar-refractivity contribution in [2.45, 2.75) is 19.0 Å². The lowest BCUT2D eigenvalue weighted by Gasteiger charge is -2.28. The van der Waals surface area contributed by atoms with Crippen LogP contribution in [0.5, 0.6) is 0 Å². The number of amides is 1. The van der Waals surface area contributed by atoms with Gasteiger partial charge in [0.25, 0.3) is 0 Å². The molecule has 1 aliphatic rings. The van der Waals surface area contributed by atoms with Gasteiger partial charge in [-0.1, -0.05) is 6.08 Å². The Kier molecular flexibility index (Phi) is 5.81. The van der Waals surface area contributed by atoms with Crippen molar-refractivity contribution in [3.8, 4) is 0 Å². The fraction of sp³-hybridized carbons (Fsp3) is 0.750. The maximum absolute atomic E-state index is 12.4. The van der Waals surface area contributed by atoms with E-state index in [2.05, 4.69) is 0 Å². The van der Waals surface area contributed by atoms with Crippen LogP contribution in [0.4, 0.5) is 13.2 Å². The molecule has 0 aromatic rings. The van der Waals surface area contributed by atoms with E-state index in [0.29, 0.717) is 13.1 Å². The molecule has 0 bridgehead atoms. The van der Waals surface area contributed by atoms with Gasteiger partial charge in [-0.25, -0.2) is 0 Å². The fourth-order valence-electron chi connectivity index (χ4n) is 1.88. The molecule has 0 spiro atoms. The molecule has 4 nitrogen and oxygen atoms in total. The van der Waals surface area contributed by atoms with Crippen molar-refractivity contribution in [3.05, 3.63) is 11.6 Å². The van der Waals surface area contributed by atoms with Crippen LogP contribution in [0.15, 0.2) is 11.6 Å². The SMILES string of the molecule is CN(CCCN)C(=O)CN1CC=C(C(F)(F)F)CC1. The van der Waals surface area contributed by atoms with Crippen molar-refractivity contribution in [2.24, 2.45) is 5.73 Å². The number of nitrogens with zero attached hydrogens (tertiary/aromatic N) is 2. The Bertz CT molecular complexity index is 342. The normalized spacial score (nSPS) is 17.2. The van der Waals surface area contributed by atoms with Crippen molar-refractivity contribution >= 4 is 5.91 Å². The molecule has 0 saturated carbocycles. The van der Waals surface area contributed by atoms with Crippen LogP contribution in [0.1, 0.15) is 12.8 Å². The second kappa shape index (κ2) is 6.91. The first-order valence-electron chi connectivity index (χ1n) is 6.27. The molecular weight excluding hydrogens is 259 g/mol. The monoisotopic (exact) mass is 279 g/mol. The number of likely N-dealkylation sites (N-methyl/N-ethyl adjacent to an activating group) is 1. The topological polar surface area (TPSA) is 49.6 Å². The Labute approximate surface area is 111 Å². The van der Waals surface area contributed by atoms with Crippen LogP contribution in [0.25, 0.3) is 0 Å². The summed E-state index contributed by atoms with van der Waals surface area (Å²) >= 11 is 0. The van der Waals surface area contributed by atoms with Crippen molar-refractivity contribution in [1.29, 1.82) is 0 Å². The fourth-order valence-corrected chi connectivity index (χ4v) is 1.88. The summed E-state index contributed by atoms with van der Waals surface area (Å²) < 4.78 is 37.3. The molecule has 0 atom stereocenters. The molecule has 0 aliphatic carbocycles. The number of hydrogen-bond acceptors (Lipinski definition) is 3. The standard InChI is InChI=1S/C12H20F3N3O/c1-17(6-2-5-16)11(19)9-18-7-3-10(4-8-18)12(13,14)15/h3H,2,4-9,16H2,1H3. The largest absolute Gasteiger partial charge is 0.412 e. The summed E-state index contributed by atoms with van der Waals surface area (Å²) in [6, 6.07) is 0. The molecule has 2 N–H and O–H groups in total. The number of rotatable bonds is 5. The second-order valence-electron chi connectivity index (χ2n) is 4.67. The first-order chi connectivity index (χ1) is 8.84. The van der Waals surface area contributed by atoms with E-state index in [4.69, 9.17) is 5.73 Å². The average Bonchev–Trinajstić information content (AvgIpc) is 2.35. The minimum atomic E-state index is -4.24. The molecule has 1 aliphatic heterocycles. The zero-order valence-corrected chi connectivity index (χ0v) is 11.0. The van der Waals surface area contributed by atoms with Crippen molar-refractivity contribution < 1.29 is 18.0 Å². The van der Waals surface area contributed by atoms with E-state index in [-0.39, 0.29) is 32.0 Å². The summed E-state index contributed by atoms with van der Waals surface area (Å²) in [4.78, 5) is 15.1. The molecule has 110 valence electrons. The van der Waals surface area contributed by atoms with Crippen molar-refractivity contribution in [3.63, 3.8) is 0 Å². The number of hydrogen-bond donors (Lipinski definition) is 1. The maximum atomic E-state index is 12.4. The van der Waals surface area contributed by atoms with Gasteiger partial charge >= 0.3 is 6.18 Å². The molecule has 0 radical (unpaired) electrons. The van der Waals surface area contributed by atoms with E-state index in [1.165, 1.54) is 0 Å². The van der Waals surface area contributed by atoms with Crippen LogP contribution < -0.4 is 5.73 Å². The third kappa shape index (κ3) is 5.20. The lowest BCUT2D eigenvalue weighted by Crippen LogP contribution is -2.41. The van der Waals surface area contributed by atoms with E-state index in [1.807, 2.05) is 0 Å². The Hall–Kier alpha value is -1.08. The Morgan fingerprint density at radius 1 is 1.53 bits per heavy atom. The highest BCUT2D eigenvalue weighted by Gasteiger charge is 2.34. The smallest absolute Gasteiger partial charge is 0.345 e. The predicted octanol–water partition coefficient (Wildman–Crippen LogP) is 0.988. The number of carbonyl (C=O) groups is 1. The maximum Gasteiger partial charge on any atom is 0.412 e. The molecule has 0 unspecified atom stereocenters. The molecule has 0 aromatic carbocycles. The Morgan fingerprint density at radius 3 is 2.68 bits per heavy atom. The van der Waals surface area contributed by atoms with Crippen LogP contribution >= 0.6 is 0 Å². The van der Waals surface area contributed by atoms with Crippen LogP contribution in [-0.4, -0.2) is 61.7 Å². The summed E-state index contributed by atoms with van der Waals surface area (Å²) in [5.41, 5.74) is 4.86. The highest BCUT2D eigenvalue weighted by atomic mass is 19.4. The van der Waals surface area contributed by atoms with Gasteiger partial charge in [-0.15, -0.1) is 0 Å². The van der Waals surface area contributed by atoms with Gasteiger partial charge in [-0.2, -0.15) is 13.2 Å². The Morgan fingerprint density at radius 2 is 2.21 bits per heavy atom. The number of carbonyl (C=O) groups excluding carboxylic acids is 1. The predicted molar refractivity (Wildman–Crippen MR) is 66.5 cm³/mol. The molecular formula is C12H20F3N3O. The summed E-state index contributed by atoms with van der Waals surface area (Å²) in [6.45, 7) is 1.68. The van der Waals surface area contributed by atoms with Gasteiger partial charge in [-0.05, 0) is 19.4 Å². The molecule has 0 fully saturated rings. The Balaban J connectivity index is 2.40. The van der Waals surface area contributed by atoms with Gasteiger partial charge in [0.1, 0.15) is 0 Å². The zero-order valence-electron chi connectivity index (χ0n) is 11.0. The van der Waals surface area contributed by atoms with Gasteiger partial charge in [0, 0.05) is 32.3 Å². The van der Waals surface area contributed by atoms with Gasteiger partial charge in [0.2, 0.25) is 5.91 Å². The molecule has 7 heteroatoms. The van der Waals surface area contributed by atoms with Gasteiger partial charge in [-0.3, -0.25) is 9.69 Å². The minimum absolute atomic E-state index is 0.0523. The van der Waals surface area contributed by atoms with E-state index in [0.717, 1.165) is 12.5 Å². The first-order valence-corrected chi connectivity index (χ1v) is 6.27. The second-order valence-corrected chi connectivity index (χ2v) is 4.67. The zero-order chi connectivity index (χ0) is 14.5. The van der Waals surface area contributed by atoms with Gasteiger partial charge < -0.3 is 10.6 Å². The number of alkyl halides is 3. The summed E-state index contributed by atoms with van der Waals surface area (Å²) in [6.07, 6.45) is -2.41. The summed E-state index contributed by atoms with van der Waals surface area (Å²) in [7, 11) is 1.68. The van der Waals surface area contributed by atoms with Crippen LogP contribution in [0.2, 0.25) is 0 Å². The third-order valence-corrected chi connectivity index (χ3v) is 3.14. The number of nitrogens with two attached hydrogens (primary N) is 1. The third-order valence-electron chi connectivity index (χ3n) is 3.14. The number of halogens is 3. The lowest BCUT2D eigenvalue weighted by atomic mass is 10.1. The van der Waals surface area contributed by atoms with E-state index >= 15 is 0 Å². The average molecular weight is 279 g/mol. The van der Waals surface area contributed by atoms with Gasteiger partial charge in [0.05, 0.1) is 6.54 Å². The van der Waals surface area contributed by atoms with Crippen LogP contribution in [0.3, 0.4) is 0 Å². The highest BCUT2D eigenvalue weighted by Crippen LogP contribution is 2.29. The minimum Gasteiger partial charge on any atom is -0.345 e. The van der Waals surface area contributed by atoms with E-state index < -0.39 is 11.7 Å². The molecule has 19 heavy (non-hydrogen) atoms. The molecule has 1 amide bonds. The first kappa shape index (κ1) is 16.0. The summed E-state index contributed by atoms with van der Waals surface area (Å²) in [5, 5.41) is 0. The molecule has 1 heterocycles. The van der Waals surface area contributed by atoms with Crippen molar-refractivity contribution in [2.75, 3.05) is 39.8 Å². The van der Waals surface area contributed by atoms with Crippen molar-refractivity contribution in [1.82, 2.24) is 9.80 Å². The molecule has 0 aromatic heterocycles. The molecule has 1 rings (SSSR count).